The van der Waals surface area contributed by atoms with E-state index in [0.29, 0.717) is 24.1 Å². The highest BCUT2D eigenvalue weighted by Gasteiger charge is 2.42. The van der Waals surface area contributed by atoms with E-state index >= 15 is 0 Å². The standard InChI is InChI=1S/C21H28FN7O/c1-12(2)29-13(3)25-15-9-24-18(8-16(15)29)26-17-6-7-23-20(27-17)28-10-14(22)19(30)21(4,5)11-28/h6-9,12,14,19,30H,10-11H2,1-5H3,(H,23,24,26,27)/t14-,19-/m1/s1. The molecular weight excluding hydrogens is 385 g/mol. The summed E-state index contributed by atoms with van der Waals surface area (Å²) in [6.45, 7) is 10.4. The van der Waals surface area contributed by atoms with Crippen LogP contribution in [0.15, 0.2) is 24.5 Å². The van der Waals surface area contributed by atoms with Gasteiger partial charge in [0.1, 0.15) is 29.1 Å². The average Bonchev–Trinajstić information content (AvgIpc) is 3.01. The molecule has 4 heterocycles. The number of pyridine rings is 1. The predicted molar refractivity (Wildman–Crippen MR) is 115 cm³/mol. The molecular formula is C21H28FN7O. The third-order valence-corrected chi connectivity index (χ3v) is 5.59. The molecule has 0 saturated carbocycles. The number of aryl methyl sites for hydroxylation is 1. The Kier molecular flexibility index (Phi) is 5.09. The van der Waals surface area contributed by atoms with Crippen LogP contribution in [0.2, 0.25) is 0 Å². The predicted octanol–water partition coefficient (Wildman–Crippen LogP) is 3.40. The van der Waals surface area contributed by atoms with Crippen LogP contribution in [0.5, 0.6) is 0 Å². The molecule has 9 heteroatoms. The maximum absolute atomic E-state index is 14.3. The fourth-order valence-corrected chi connectivity index (χ4v) is 4.14. The van der Waals surface area contributed by atoms with Crippen molar-refractivity contribution in [3.05, 3.63) is 30.4 Å². The number of hydrogen-bond donors (Lipinski definition) is 2. The molecule has 0 aliphatic carbocycles. The van der Waals surface area contributed by atoms with Gasteiger partial charge in [0, 0.05) is 30.3 Å². The molecule has 0 radical (unpaired) electrons. The first kappa shape index (κ1) is 20.5. The molecule has 30 heavy (non-hydrogen) atoms. The third kappa shape index (κ3) is 3.69. The number of rotatable bonds is 4. The van der Waals surface area contributed by atoms with Crippen molar-refractivity contribution in [1.29, 1.82) is 0 Å². The van der Waals surface area contributed by atoms with Gasteiger partial charge in [-0.2, -0.15) is 4.98 Å². The number of alkyl halides is 1. The lowest BCUT2D eigenvalue weighted by Gasteiger charge is -2.43. The van der Waals surface area contributed by atoms with E-state index in [1.807, 2.05) is 26.8 Å². The number of imidazole rings is 1. The summed E-state index contributed by atoms with van der Waals surface area (Å²) < 4.78 is 16.5. The summed E-state index contributed by atoms with van der Waals surface area (Å²) in [5.74, 6) is 2.58. The Labute approximate surface area is 175 Å². The summed E-state index contributed by atoms with van der Waals surface area (Å²) in [6.07, 6.45) is 1.03. The molecule has 0 spiro atoms. The number of piperidine rings is 1. The summed E-state index contributed by atoms with van der Waals surface area (Å²) in [7, 11) is 0. The maximum Gasteiger partial charge on any atom is 0.227 e. The average molecular weight is 414 g/mol. The number of aromatic nitrogens is 5. The molecule has 0 aromatic carbocycles. The molecule has 3 aromatic rings. The van der Waals surface area contributed by atoms with Gasteiger partial charge in [0.05, 0.1) is 24.4 Å². The first-order chi connectivity index (χ1) is 14.2. The van der Waals surface area contributed by atoms with E-state index in [2.05, 4.69) is 43.7 Å². The van der Waals surface area contributed by atoms with Crippen LogP contribution in [0, 0.1) is 12.3 Å². The van der Waals surface area contributed by atoms with Gasteiger partial charge in [-0.05, 0) is 26.8 Å². The molecule has 0 bridgehead atoms. The Morgan fingerprint density at radius 1 is 1.23 bits per heavy atom. The molecule has 1 aliphatic rings. The van der Waals surface area contributed by atoms with Crippen molar-refractivity contribution in [2.75, 3.05) is 23.3 Å². The lowest BCUT2D eigenvalue weighted by atomic mass is 9.80. The topological polar surface area (TPSA) is 92.0 Å². The molecule has 0 amide bonds. The third-order valence-electron chi connectivity index (χ3n) is 5.59. The Morgan fingerprint density at radius 2 is 2.00 bits per heavy atom. The van der Waals surface area contributed by atoms with E-state index in [-0.39, 0.29) is 12.6 Å². The molecule has 8 nitrogen and oxygen atoms in total. The fourth-order valence-electron chi connectivity index (χ4n) is 4.14. The lowest BCUT2D eigenvalue weighted by Crippen LogP contribution is -2.55. The minimum absolute atomic E-state index is 0.0606. The monoisotopic (exact) mass is 413 g/mol. The van der Waals surface area contributed by atoms with Crippen molar-refractivity contribution in [2.24, 2.45) is 5.41 Å². The largest absolute Gasteiger partial charge is 0.389 e. The van der Waals surface area contributed by atoms with Crippen LogP contribution in [0.1, 0.15) is 39.6 Å². The van der Waals surface area contributed by atoms with Gasteiger partial charge < -0.3 is 19.9 Å². The molecule has 160 valence electrons. The summed E-state index contributed by atoms with van der Waals surface area (Å²) >= 11 is 0. The first-order valence-electron chi connectivity index (χ1n) is 10.2. The van der Waals surface area contributed by atoms with Gasteiger partial charge in [0.25, 0.3) is 0 Å². The zero-order valence-electron chi connectivity index (χ0n) is 18.0. The minimum atomic E-state index is -1.35. The highest BCUT2D eigenvalue weighted by Crippen LogP contribution is 2.33. The molecule has 1 aliphatic heterocycles. The van der Waals surface area contributed by atoms with Crippen molar-refractivity contribution < 1.29 is 9.50 Å². The second-order valence-electron chi connectivity index (χ2n) is 8.88. The van der Waals surface area contributed by atoms with Gasteiger partial charge >= 0.3 is 0 Å². The van der Waals surface area contributed by atoms with Crippen LogP contribution in [-0.2, 0) is 0 Å². The Bertz CT molecular complexity index is 1060. The molecule has 1 saturated heterocycles. The van der Waals surface area contributed by atoms with E-state index in [9.17, 15) is 9.50 Å². The van der Waals surface area contributed by atoms with E-state index < -0.39 is 17.7 Å². The maximum atomic E-state index is 14.3. The van der Waals surface area contributed by atoms with Crippen molar-refractivity contribution >= 4 is 28.6 Å². The quantitative estimate of drug-likeness (QED) is 0.677. The zero-order chi connectivity index (χ0) is 21.6. The minimum Gasteiger partial charge on any atom is -0.389 e. The van der Waals surface area contributed by atoms with Crippen LogP contribution in [-0.4, -0.2) is 55.0 Å². The summed E-state index contributed by atoms with van der Waals surface area (Å²) in [5.41, 5.74) is 1.25. The van der Waals surface area contributed by atoms with Gasteiger partial charge in [-0.3, -0.25) is 0 Å². The van der Waals surface area contributed by atoms with Gasteiger partial charge in [0.2, 0.25) is 5.95 Å². The number of anilines is 3. The number of aliphatic hydroxyl groups is 1. The van der Waals surface area contributed by atoms with E-state index in [1.54, 1.807) is 23.4 Å². The molecule has 3 aromatic heterocycles. The van der Waals surface area contributed by atoms with E-state index in [4.69, 9.17) is 0 Å². The zero-order valence-corrected chi connectivity index (χ0v) is 18.0. The van der Waals surface area contributed by atoms with Crippen molar-refractivity contribution in [3.63, 3.8) is 0 Å². The summed E-state index contributed by atoms with van der Waals surface area (Å²) in [5, 5.41) is 13.3. The highest BCUT2D eigenvalue weighted by molar-refractivity contribution is 5.79. The van der Waals surface area contributed by atoms with Crippen LogP contribution in [0.4, 0.5) is 22.0 Å². The van der Waals surface area contributed by atoms with Gasteiger partial charge in [-0.15, -0.1) is 0 Å². The lowest BCUT2D eigenvalue weighted by molar-refractivity contribution is -0.0257. The van der Waals surface area contributed by atoms with Gasteiger partial charge in [0.15, 0.2) is 0 Å². The Hall–Kier alpha value is -2.81. The fraction of sp³-hybridized carbons (Fsp3) is 0.524. The first-order valence-corrected chi connectivity index (χ1v) is 10.2. The second kappa shape index (κ2) is 7.46. The normalized spacial score (nSPS) is 21.4. The molecule has 4 rings (SSSR count). The van der Waals surface area contributed by atoms with Crippen LogP contribution in [0.25, 0.3) is 11.0 Å². The molecule has 2 N–H and O–H groups in total. The van der Waals surface area contributed by atoms with Crippen LogP contribution >= 0.6 is 0 Å². The van der Waals surface area contributed by atoms with Gasteiger partial charge in [-0.25, -0.2) is 19.3 Å². The molecule has 2 atom stereocenters. The van der Waals surface area contributed by atoms with E-state index in [1.165, 1.54) is 0 Å². The Balaban J connectivity index is 1.60. The van der Waals surface area contributed by atoms with Crippen molar-refractivity contribution in [2.45, 2.75) is 52.9 Å². The smallest absolute Gasteiger partial charge is 0.227 e. The number of aliphatic hydroxyl groups excluding tert-OH is 1. The summed E-state index contributed by atoms with van der Waals surface area (Å²) in [4.78, 5) is 19.7. The number of fused-ring (bicyclic) bond motifs is 1. The SMILES string of the molecule is Cc1nc2cnc(Nc3ccnc(N4C[C@@H](F)[C@@H](O)C(C)(C)C4)n3)cc2n1C(C)C. The second-order valence-corrected chi connectivity index (χ2v) is 8.88. The summed E-state index contributed by atoms with van der Waals surface area (Å²) in [6, 6.07) is 3.98. The number of nitrogens with zero attached hydrogens (tertiary/aromatic N) is 6. The molecule has 0 unspecified atom stereocenters. The molecule has 1 fully saturated rings. The highest BCUT2D eigenvalue weighted by atomic mass is 19.1. The number of hydrogen-bond acceptors (Lipinski definition) is 7. The number of halogens is 1. The van der Waals surface area contributed by atoms with Crippen LogP contribution in [0.3, 0.4) is 0 Å². The van der Waals surface area contributed by atoms with Crippen LogP contribution < -0.4 is 10.2 Å². The van der Waals surface area contributed by atoms with E-state index in [0.717, 1.165) is 16.9 Å². The van der Waals surface area contributed by atoms with Crippen molar-refractivity contribution in [1.82, 2.24) is 24.5 Å². The van der Waals surface area contributed by atoms with Crippen molar-refractivity contribution in [3.8, 4) is 0 Å². The van der Waals surface area contributed by atoms with Gasteiger partial charge in [-0.1, -0.05) is 13.8 Å². The Morgan fingerprint density at radius 3 is 2.70 bits per heavy atom. The number of nitrogens with one attached hydrogen (secondary N) is 1.